The molecular weight excluding hydrogens is 320 g/mol. The molecule has 4 aromatic carbocycles. The summed E-state index contributed by atoms with van der Waals surface area (Å²) in [5.74, 6) is -0.334. The highest BCUT2D eigenvalue weighted by atomic mass is 16.3. The van der Waals surface area contributed by atoms with Gasteiger partial charge in [-0.05, 0) is 28.0 Å². The summed E-state index contributed by atoms with van der Waals surface area (Å²) in [4.78, 5) is 13.4. The molecule has 0 heterocycles. The van der Waals surface area contributed by atoms with Crippen LogP contribution in [0.5, 0.6) is 0 Å². The third kappa shape index (κ3) is 2.71. The van der Waals surface area contributed by atoms with Gasteiger partial charge in [-0.2, -0.15) is 0 Å². The van der Waals surface area contributed by atoms with Crippen LogP contribution in [-0.4, -0.2) is 10.9 Å². The number of hydrogen-bond donors (Lipinski definition) is 1. The molecule has 4 aromatic rings. The molecule has 0 aromatic heterocycles. The molecule has 0 aliphatic heterocycles. The Morgan fingerprint density at radius 1 is 0.615 bits per heavy atom. The number of Topliss-reactive ketones (excluding diaryl/α,β-unsaturated/α-hetero) is 1. The average molecular weight is 338 g/mol. The van der Waals surface area contributed by atoms with E-state index in [2.05, 4.69) is 0 Å². The van der Waals surface area contributed by atoms with Gasteiger partial charge in [0.2, 0.25) is 5.78 Å². The van der Waals surface area contributed by atoms with Crippen LogP contribution in [0.4, 0.5) is 0 Å². The minimum Gasteiger partial charge on any atom is -0.373 e. The summed E-state index contributed by atoms with van der Waals surface area (Å²) in [5, 5.41) is 13.7. The predicted octanol–water partition coefficient (Wildman–Crippen LogP) is 4.96. The van der Waals surface area contributed by atoms with E-state index in [1.807, 2.05) is 66.7 Å². The standard InChI is InChI=1S/C24H18O2/c25-23(19-10-3-1-4-11-19)24(26,21-13-5-2-6-14-21)22-16-15-18-9-7-8-12-20(18)17-22/h1-17,26H. The number of aliphatic hydroxyl groups is 1. The molecule has 0 spiro atoms. The maximum absolute atomic E-state index is 13.4. The van der Waals surface area contributed by atoms with Crippen LogP contribution >= 0.6 is 0 Å². The first-order valence-corrected chi connectivity index (χ1v) is 8.56. The molecule has 0 saturated carbocycles. The molecule has 0 aliphatic carbocycles. The molecule has 0 fully saturated rings. The molecule has 1 unspecified atom stereocenters. The summed E-state index contributed by atoms with van der Waals surface area (Å²) in [6.07, 6.45) is 0. The Bertz CT molecular complexity index is 1060. The topological polar surface area (TPSA) is 37.3 Å². The van der Waals surface area contributed by atoms with Gasteiger partial charge in [0, 0.05) is 5.56 Å². The Hall–Kier alpha value is -3.23. The lowest BCUT2D eigenvalue weighted by molar-refractivity contribution is 0.0488. The van der Waals surface area contributed by atoms with Gasteiger partial charge in [0.05, 0.1) is 0 Å². The zero-order valence-electron chi connectivity index (χ0n) is 14.2. The average Bonchev–Trinajstić information content (AvgIpc) is 2.73. The lowest BCUT2D eigenvalue weighted by Gasteiger charge is -2.28. The van der Waals surface area contributed by atoms with E-state index in [9.17, 15) is 9.90 Å². The van der Waals surface area contributed by atoms with Crippen LogP contribution in [0, 0.1) is 0 Å². The first-order chi connectivity index (χ1) is 12.7. The summed E-state index contributed by atoms with van der Waals surface area (Å²) in [5.41, 5.74) is -0.139. The molecule has 1 N–H and O–H groups in total. The largest absolute Gasteiger partial charge is 0.373 e. The van der Waals surface area contributed by atoms with Crippen molar-refractivity contribution in [3.05, 3.63) is 120 Å². The van der Waals surface area contributed by atoms with E-state index < -0.39 is 5.60 Å². The van der Waals surface area contributed by atoms with E-state index in [1.165, 1.54) is 0 Å². The summed E-state index contributed by atoms with van der Waals surface area (Å²) < 4.78 is 0. The molecule has 4 rings (SSSR count). The minimum absolute atomic E-state index is 0.334. The van der Waals surface area contributed by atoms with E-state index in [1.54, 1.807) is 36.4 Å². The SMILES string of the molecule is O=C(c1ccccc1)C(O)(c1ccccc1)c1ccc2ccccc2c1. The highest BCUT2D eigenvalue weighted by molar-refractivity contribution is 6.05. The van der Waals surface area contributed by atoms with Crippen LogP contribution in [0.3, 0.4) is 0 Å². The van der Waals surface area contributed by atoms with Crippen LogP contribution in [0.2, 0.25) is 0 Å². The number of fused-ring (bicyclic) bond motifs is 1. The van der Waals surface area contributed by atoms with Crippen LogP contribution in [0.1, 0.15) is 21.5 Å². The molecule has 2 nitrogen and oxygen atoms in total. The summed E-state index contributed by atoms with van der Waals surface area (Å²) >= 11 is 0. The van der Waals surface area contributed by atoms with Gasteiger partial charge in [-0.1, -0.05) is 97.1 Å². The van der Waals surface area contributed by atoms with E-state index >= 15 is 0 Å². The second-order valence-corrected chi connectivity index (χ2v) is 6.33. The van der Waals surface area contributed by atoms with Gasteiger partial charge in [-0.25, -0.2) is 0 Å². The zero-order chi connectivity index (χ0) is 18.0. The van der Waals surface area contributed by atoms with Crippen molar-refractivity contribution in [3.63, 3.8) is 0 Å². The second-order valence-electron chi connectivity index (χ2n) is 6.33. The summed E-state index contributed by atoms with van der Waals surface area (Å²) in [7, 11) is 0. The first-order valence-electron chi connectivity index (χ1n) is 8.56. The predicted molar refractivity (Wildman–Crippen MR) is 104 cm³/mol. The Balaban J connectivity index is 1.94. The fraction of sp³-hybridized carbons (Fsp3) is 0.0417. The van der Waals surface area contributed by atoms with Crippen LogP contribution < -0.4 is 0 Å². The van der Waals surface area contributed by atoms with Crippen molar-refractivity contribution >= 4 is 16.6 Å². The van der Waals surface area contributed by atoms with Gasteiger partial charge in [0.25, 0.3) is 0 Å². The van der Waals surface area contributed by atoms with Crippen LogP contribution in [0.25, 0.3) is 10.8 Å². The van der Waals surface area contributed by atoms with Gasteiger partial charge in [0.1, 0.15) is 0 Å². The molecule has 0 aliphatic rings. The van der Waals surface area contributed by atoms with Crippen LogP contribution in [0.15, 0.2) is 103 Å². The molecule has 0 bridgehead atoms. The van der Waals surface area contributed by atoms with Crippen molar-refractivity contribution in [2.24, 2.45) is 0 Å². The Morgan fingerprint density at radius 2 is 1.19 bits per heavy atom. The van der Waals surface area contributed by atoms with Crippen molar-refractivity contribution in [2.75, 3.05) is 0 Å². The maximum Gasteiger partial charge on any atom is 0.203 e. The molecule has 0 radical (unpaired) electrons. The number of benzene rings is 4. The highest BCUT2D eigenvalue weighted by Gasteiger charge is 2.40. The van der Waals surface area contributed by atoms with Gasteiger partial charge in [-0.15, -0.1) is 0 Å². The number of ketones is 1. The molecular formula is C24H18O2. The van der Waals surface area contributed by atoms with Crippen molar-refractivity contribution in [1.82, 2.24) is 0 Å². The Labute approximate surface area is 152 Å². The van der Waals surface area contributed by atoms with Gasteiger partial charge in [0.15, 0.2) is 5.60 Å². The normalized spacial score (nSPS) is 13.3. The second kappa shape index (κ2) is 6.58. The number of rotatable bonds is 4. The number of carbonyl (C=O) groups is 1. The van der Waals surface area contributed by atoms with Crippen molar-refractivity contribution in [2.45, 2.75) is 5.60 Å². The van der Waals surface area contributed by atoms with Gasteiger partial charge in [-0.3, -0.25) is 4.79 Å². The molecule has 2 heteroatoms. The van der Waals surface area contributed by atoms with Crippen LogP contribution in [-0.2, 0) is 5.60 Å². The van der Waals surface area contributed by atoms with E-state index in [0.717, 1.165) is 10.8 Å². The molecule has 0 amide bonds. The zero-order valence-corrected chi connectivity index (χ0v) is 14.2. The van der Waals surface area contributed by atoms with Crippen molar-refractivity contribution in [3.8, 4) is 0 Å². The fourth-order valence-corrected chi connectivity index (χ4v) is 3.32. The molecule has 1 atom stereocenters. The third-order valence-electron chi connectivity index (χ3n) is 4.72. The number of hydrogen-bond acceptors (Lipinski definition) is 2. The number of carbonyl (C=O) groups excluding carboxylic acids is 1. The smallest absolute Gasteiger partial charge is 0.203 e. The minimum atomic E-state index is -1.74. The lowest BCUT2D eigenvalue weighted by Crippen LogP contribution is -2.37. The Morgan fingerprint density at radius 3 is 1.88 bits per heavy atom. The fourth-order valence-electron chi connectivity index (χ4n) is 3.32. The molecule has 126 valence electrons. The van der Waals surface area contributed by atoms with E-state index in [-0.39, 0.29) is 5.78 Å². The lowest BCUT2D eigenvalue weighted by atomic mass is 9.79. The highest BCUT2D eigenvalue weighted by Crippen LogP contribution is 2.34. The van der Waals surface area contributed by atoms with Crippen molar-refractivity contribution in [1.29, 1.82) is 0 Å². The van der Waals surface area contributed by atoms with E-state index in [4.69, 9.17) is 0 Å². The maximum atomic E-state index is 13.4. The third-order valence-corrected chi connectivity index (χ3v) is 4.72. The quantitative estimate of drug-likeness (QED) is 0.534. The first kappa shape index (κ1) is 16.2. The summed E-state index contributed by atoms with van der Waals surface area (Å²) in [6, 6.07) is 31.6. The summed E-state index contributed by atoms with van der Waals surface area (Å²) in [6.45, 7) is 0. The molecule has 26 heavy (non-hydrogen) atoms. The van der Waals surface area contributed by atoms with Crippen molar-refractivity contribution < 1.29 is 9.90 Å². The Kier molecular flexibility index (Phi) is 4.11. The van der Waals surface area contributed by atoms with E-state index in [0.29, 0.717) is 16.7 Å². The monoisotopic (exact) mass is 338 g/mol. The molecule has 0 saturated heterocycles. The van der Waals surface area contributed by atoms with Gasteiger partial charge >= 0.3 is 0 Å². The van der Waals surface area contributed by atoms with Gasteiger partial charge < -0.3 is 5.11 Å².